The number of allylic oxidation sites excluding steroid dienone is 1. The first-order chi connectivity index (χ1) is 12.2. The topological polar surface area (TPSA) is 69.7 Å². The van der Waals surface area contributed by atoms with Crippen LogP contribution in [0.1, 0.15) is 27.4 Å². The number of hydrogen-bond acceptors (Lipinski definition) is 5. The molecule has 3 aliphatic rings. The molecule has 0 saturated carbocycles. The summed E-state index contributed by atoms with van der Waals surface area (Å²) in [6.07, 6.45) is 1.49. The summed E-state index contributed by atoms with van der Waals surface area (Å²) in [5.74, 6) is -1.18. The third-order valence-electron chi connectivity index (χ3n) is 4.05. The molecule has 2 aromatic rings. The van der Waals surface area contributed by atoms with Crippen molar-refractivity contribution in [3.8, 4) is 11.5 Å². The summed E-state index contributed by atoms with van der Waals surface area (Å²) in [7, 11) is -5.81. The Labute approximate surface area is 145 Å². The van der Waals surface area contributed by atoms with Crippen LogP contribution >= 0.6 is 0 Å². The quantitative estimate of drug-likeness (QED) is 0.599. The fourth-order valence-electron chi connectivity index (χ4n) is 2.98. The smallest absolute Gasteiger partial charge is 0.460 e. The molecule has 1 unspecified atom stereocenters. The van der Waals surface area contributed by atoms with Crippen LogP contribution < -0.4 is 8.92 Å². The average molecular weight is 382 g/mol. The van der Waals surface area contributed by atoms with Crippen molar-refractivity contribution in [2.75, 3.05) is 0 Å². The molecule has 9 heteroatoms. The Bertz CT molecular complexity index is 1060. The highest BCUT2D eigenvalue weighted by atomic mass is 32.2. The molecule has 5 nitrogen and oxygen atoms in total. The maximum absolute atomic E-state index is 12.8. The Morgan fingerprint density at radius 1 is 1.08 bits per heavy atom. The highest BCUT2D eigenvalue weighted by Gasteiger charge is 2.49. The maximum atomic E-state index is 12.8. The molecule has 1 aliphatic carbocycles. The van der Waals surface area contributed by atoms with Crippen molar-refractivity contribution in [1.82, 2.24) is 0 Å². The van der Waals surface area contributed by atoms with Crippen molar-refractivity contribution >= 4 is 22.0 Å². The molecule has 134 valence electrons. The summed E-state index contributed by atoms with van der Waals surface area (Å²) >= 11 is 0. The summed E-state index contributed by atoms with van der Waals surface area (Å²) in [6.45, 7) is 0. The van der Waals surface area contributed by atoms with Crippen LogP contribution in [0, 0.1) is 0 Å². The zero-order valence-electron chi connectivity index (χ0n) is 12.8. The molecule has 4 bridgehead atoms. The van der Waals surface area contributed by atoms with Gasteiger partial charge in [0.15, 0.2) is 5.78 Å². The maximum Gasteiger partial charge on any atom is 0.534 e. The van der Waals surface area contributed by atoms with Gasteiger partial charge in [-0.25, -0.2) is 0 Å². The van der Waals surface area contributed by atoms with Crippen molar-refractivity contribution in [1.29, 1.82) is 0 Å². The number of hydrogen-bond donors (Lipinski definition) is 0. The highest BCUT2D eigenvalue weighted by Crippen LogP contribution is 2.47. The second-order valence-electron chi connectivity index (χ2n) is 5.73. The molecule has 0 spiro atoms. The Hall–Kier alpha value is -2.81. The highest BCUT2D eigenvalue weighted by molar-refractivity contribution is 7.88. The second-order valence-corrected chi connectivity index (χ2v) is 7.26. The number of benzene rings is 2. The number of alkyl halides is 3. The lowest BCUT2D eigenvalue weighted by Crippen LogP contribution is -2.30. The van der Waals surface area contributed by atoms with E-state index < -0.39 is 27.3 Å². The van der Waals surface area contributed by atoms with Crippen molar-refractivity contribution in [3.63, 3.8) is 0 Å². The fraction of sp³-hybridized carbons (Fsp3) is 0.118. The van der Waals surface area contributed by atoms with Crippen molar-refractivity contribution < 1.29 is 35.3 Å². The first-order valence-electron chi connectivity index (χ1n) is 7.35. The SMILES string of the molecule is O=C1c2c3cc(OS(=O)(=O)C(F)(F)F)cc2OC(=C3)C1c1ccccc1. The molecular weight excluding hydrogens is 373 g/mol. The molecule has 0 fully saturated rings. The van der Waals surface area contributed by atoms with E-state index in [1.54, 1.807) is 30.3 Å². The second kappa shape index (κ2) is 5.34. The summed E-state index contributed by atoms with van der Waals surface area (Å²) in [5, 5.41) is 0. The predicted octanol–water partition coefficient (Wildman–Crippen LogP) is 3.63. The molecular formula is C17H9F3O5S. The van der Waals surface area contributed by atoms with Crippen LogP contribution in [-0.2, 0) is 10.1 Å². The normalized spacial score (nSPS) is 18.3. The fourth-order valence-corrected chi connectivity index (χ4v) is 3.42. The van der Waals surface area contributed by atoms with E-state index in [1.807, 2.05) is 0 Å². The summed E-state index contributed by atoms with van der Waals surface area (Å²) < 4.78 is 69.3. The van der Waals surface area contributed by atoms with E-state index in [4.69, 9.17) is 4.74 Å². The first kappa shape index (κ1) is 16.6. The number of rotatable bonds is 3. The monoisotopic (exact) mass is 382 g/mol. The Balaban J connectivity index is 1.74. The molecule has 2 aromatic carbocycles. The summed E-state index contributed by atoms with van der Waals surface area (Å²) in [5.41, 5.74) is -4.39. The van der Waals surface area contributed by atoms with Gasteiger partial charge in [-0.2, -0.15) is 21.6 Å². The molecule has 5 rings (SSSR count). The third-order valence-corrected chi connectivity index (χ3v) is 5.03. The lowest BCUT2D eigenvalue weighted by Gasteiger charge is -2.32. The zero-order chi connectivity index (χ0) is 18.7. The van der Waals surface area contributed by atoms with E-state index in [1.165, 1.54) is 6.08 Å². The van der Waals surface area contributed by atoms with Crippen LogP contribution in [0.5, 0.6) is 11.5 Å². The molecule has 2 aliphatic heterocycles. The Kier molecular flexibility index (Phi) is 3.42. The van der Waals surface area contributed by atoms with Crippen LogP contribution in [0.3, 0.4) is 0 Å². The molecule has 26 heavy (non-hydrogen) atoms. The number of fused-ring (bicyclic) bond motifs is 1. The van der Waals surface area contributed by atoms with Crippen LogP contribution in [0.15, 0.2) is 48.2 Å². The van der Waals surface area contributed by atoms with Crippen LogP contribution in [0.25, 0.3) is 6.08 Å². The predicted molar refractivity (Wildman–Crippen MR) is 84.2 cm³/mol. The van der Waals surface area contributed by atoms with E-state index in [-0.39, 0.29) is 22.7 Å². The molecule has 2 heterocycles. The van der Waals surface area contributed by atoms with Gasteiger partial charge in [-0.05, 0) is 23.3 Å². The van der Waals surface area contributed by atoms with Gasteiger partial charge in [-0.3, -0.25) is 4.79 Å². The van der Waals surface area contributed by atoms with Crippen LogP contribution in [-0.4, -0.2) is 19.7 Å². The molecule has 0 amide bonds. The van der Waals surface area contributed by atoms with Gasteiger partial charge in [0.05, 0.1) is 5.56 Å². The van der Waals surface area contributed by atoms with E-state index in [0.29, 0.717) is 5.76 Å². The number of halogens is 3. The third kappa shape index (κ3) is 2.47. The minimum absolute atomic E-state index is 0.0236. The van der Waals surface area contributed by atoms with Gasteiger partial charge in [-0.1, -0.05) is 30.3 Å². The van der Waals surface area contributed by atoms with Gasteiger partial charge in [0.25, 0.3) is 0 Å². The lowest BCUT2D eigenvalue weighted by atomic mass is 9.80. The van der Waals surface area contributed by atoms with E-state index in [2.05, 4.69) is 4.18 Å². The number of ether oxygens (including phenoxy) is 1. The number of carbonyl (C=O) groups excluding carboxylic acids is 1. The van der Waals surface area contributed by atoms with Gasteiger partial charge < -0.3 is 8.92 Å². The largest absolute Gasteiger partial charge is 0.534 e. The minimum Gasteiger partial charge on any atom is -0.460 e. The number of Topliss-reactive ketones (excluding diaryl/α,β-unsaturated/α-hetero) is 1. The number of carbonyl (C=O) groups is 1. The molecule has 0 saturated heterocycles. The molecule has 0 aromatic heterocycles. The summed E-state index contributed by atoms with van der Waals surface area (Å²) in [6, 6.07) is 10.9. The average Bonchev–Trinajstić information content (AvgIpc) is 2.53. The molecule has 0 N–H and O–H groups in total. The number of ketones is 1. The van der Waals surface area contributed by atoms with E-state index >= 15 is 0 Å². The minimum atomic E-state index is -5.81. The molecule has 0 radical (unpaired) electrons. The Morgan fingerprint density at radius 3 is 2.35 bits per heavy atom. The van der Waals surface area contributed by atoms with Crippen LogP contribution in [0.2, 0.25) is 0 Å². The molecule has 1 atom stereocenters. The van der Waals surface area contributed by atoms with Crippen molar-refractivity contribution in [2.45, 2.75) is 11.4 Å². The Morgan fingerprint density at radius 2 is 1.77 bits per heavy atom. The zero-order valence-corrected chi connectivity index (χ0v) is 13.6. The van der Waals surface area contributed by atoms with Gasteiger partial charge >= 0.3 is 15.6 Å². The first-order valence-corrected chi connectivity index (χ1v) is 8.75. The van der Waals surface area contributed by atoms with E-state index in [9.17, 15) is 26.4 Å². The van der Waals surface area contributed by atoms with Gasteiger partial charge in [0, 0.05) is 6.07 Å². The van der Waals surface area contributed by atoms with Crippen LogP contribution in [0.4, 0.5) is 13.2 Å². The van der Waals surface area contributed by atoms with Crippen molar-refractivity contribution in [2.24, 2.45) is 0 Å². The van der Waals surface area contributed by atoms with Crippen molar-refractivity contribution in [3.05, 3.63) is 64.9 Å². The standard InChI is InChI=1S/C17H9F3O5S/c18-17(19,20)26(22,23)25-11-6-10-7-12-14(9-4-2-1-3-5-9)16(21)15(10)13(8-11)24-12/h1-8,14H. The van der Waals surface area contributed by atoms with E-state index in [0.717, 1.165) is 17.7 Å². The lowest BCUT2D eigenvalue weighted by molar-refractivity contribution is -0.0500. The van der Waals surface area contributed by atoms with Gasteiger partial charge in [-0.15, -0.1) is 0 Å². The summed E-state index contributed by atoms with van der Waals surface area (Å²) in [4.78, 5) is 12.8. The van der Waals surface area contributed by atoms with Gasteiger partial charge in [0.1, 0.15) is 23.2 Å². The van der Waals surface area contributed by atoms with Gasteiger partial charge in [0.2, 0.25) is 0 Å².